The van der Waals surface area contributed by atoms with Crippen molar-refractivity contribution in [3.05, 3.63) is 23.2 Å². The molecule has 2 aromatic heterocycles. The third kappa shape index (κ3) is 3.52. The van der Waals surface area contributed by atoms with Crippen LogP contribution in [0.3, 0.4) is 0 Å². The molecule has 5 heteroatoms. The number of hydrogen-bond donors (Lipinski definition) is 0. The lowest BCUT2D eigenvalue weighted by atomic mass is 9.96. The molecule has 2 fully saturated rings. The lowest BCUT2D eigenvalue weighted by molar-refractivity contribution is -0.135. The van der Waals surface area contributed by atoms with Crippen LogP contribution in [0.2, 0.25) is 0 Å². The molecule has 0 saturated carbocycles. The van der Waals surface area contributed by atoms with Crippen molar-refractivity contribution in [1.82, 2.24) is 9.88 Å². The van der Waals surface area contributed by atoms with Gasteiger partial charge < -0.3 is 9.80 Å². The molecule has 1 unspecified atom stereocenters. The van der Waals surface area contributed by atoms with E-state index in [9.17, 15) is 4.79 Å². The first-order valence-electron chi connectivity index (χ1n) is 9.61. The summed E-state index contributed by atoms with van der Waals surface area (Å²) in [5.41, 5.74) is 0. The second-order valence-electron chi connectivity index (χ2n) is 7.43. The highest BCUT2D eigenvalue weighted by Crippen LogP contribution is 2.33. The van der Waals surface area contributed by atoms with Gasteiger partial charge in [-0.1, -0.05) is 12.8 Å². The predicted molar refractivity (Wildman–Crippen MR) is 104 cm³/mol. The maximum Gasteiger partial charge on any atom is 0.227 e. The van der Waals surface area contributed by atoms with Crippen LogP contribution in [-0.4, -0.2) is 42.0 Å². The van der Waals surface area contributed by atoms with Crippen LogP contribution in [-0.2, 0) is 4.79 Å². The van der Waals surface area contributed by atoms with Crippen LogP contribution in [0, 0.1) is 12.8 Å². The van der Waals surface area contributed by atoms with Crippen molar-refractivity contribution in [2.75, 3.05) is 31.1 Å². The van der Waals surface area contributed by atoms with Gasteiger partial charge in [0.05, 0.1) is 5.92 Å². The molecule has 0 N–H and O–H groups in total. The highest BCUT2D eigenvalue weighted by Gasteiger charge is 2.30. The van der Waals surface area contributed by atoms with Gasteiger partial charge in [-0.25, -0.2) is 4.98 Å². The molecule has 0 aromatic carbocycles. The molecule has 1 amide bonds. The molecule has 4 nitrogen and oxygen atoms in total. The number of pyridine rings is 1. The molecule has 0 aliphatic carbocycles. The maximum absolute atomic E-state index is 13.0. The Morgan fingerprint density at radius 1 is 1.16 bits per heavy atom. The van der Waals surface area contributed by atoms with Crippen molar-refractivity contribution < 1.29 is 4.79 Å². The van der Waals surface area contributed by atoms with Gasteiger partial charge in [0.2, 0.25) is 5.91 Å². The molecule has 4 rings (SSSR count). The summed E-state index contributed by atoms with van der Waals surface area (Å²) in [7, 11) is 0. The minimum Gasteiger partial charge on any atom is -0.355 e. The first-order valence-corrected chi connectivity index (χ1v) is 10.4. The zero-order valence-electron chi connectivity index (χ0n) is 15.0. The fourth-order valence-corrected chi connectivity index (χ4v) is 5.16. The van der Waals surface area contributed by atoms with Gasteiger partial charge in [0, 0.05) is 47.3 Å². The number of rotatable bonds is 2. The quantitative estimate of drug-likeness (QED) is 0.807. The van der Waals surface area contributed by atoms with Gasteiger partial charge in [-0.05, 0) is 44.7 Å². The zero-order chi connectivity index (χ0) is 17.2. The number of piperidine rings is 1. The highest BCUT2D eigenvalue weighted by molar-refractivity contribution is 7.19. The standard InChI is InChI=1S/C20H27N3OS/c1-15-13-17-18(25-15)8-9-21-19(17)23-12-6-7-16(14-23)20(24)22-10-4-2-3-5-11-22/h8-9,13,16H,2-7,10-12,14H2,1H3. The van der Waals surface area contributed by atoms with Crippen LogP contribution >= 0.6 is 11.3 Å². The van der Waals surface area contributed by atoms with Crippen LogP contribution in [0.15, 0.2) is 18.3 Å². The monoisotopic (exact) mass is 357 g/mol. The first-order chi connectivity index (χ1) is 12.2. The third-order valence-corrected chi connectivity index (χ3v) is 6.55. The Balaban J connectivity index is 1.53. The van der Waals surface area contributed by atoms with Crippen LogP contribution in [0.25, 0.3) is 10.1 Å². The minimum atomic E-state index is 0.128. The van der Waals surface area contributed by atoms with Gasteiger partial charge in [0.25, 0.3) is 0 Å². The zero-order valence-corrected chi connectivity index (χ0v) is 15.9. The number of aryl methyl sites for hydroxylation is 1. The average molecular weight is 358 g/mol. The first kappa shape index (κ1) is 16.8. The normalized spacial score (nSPS) is 22.2. The summed E-state index contributed by atoms with van der Waals surface area (Å²) in [6.45, 7) is 5.87. The predicted octanol–water partition coefficient (Wildman–Crippen LogP) is 4.22. The Kier molecular flexibility index (Phi) is 4.93. The third-order valence-electron chi connectivity index (χ3n) is 5.54. The van der Waals surface area contributed by atoms with Crippen molar-refractivity contribution in [2.24, 2.45) is 5.92 Å². The molecule has 2 aromatic rings. The van der Waals surface area contributed by atoms with Gasteiger partial charge >= 0.3 is 0 Å². The smallest absolute Gasteiger partial charge is 0.227 e. The summed E-state index contributed by atoms with van der Waals surface area (Å²) in [6.07, 6.45) is 8.87. The van der Waals surface area contributed by atoms with Gasteiger partial charge in [-0.3, -0.25) is 4.79 Å². The van der Waals surface area contributed by atoms with Crippen molar-refractivity contribution in [3.63, 3.8) is 0 Å². The van der Waals surface area contributed by atoms with E-state index in [4.69, 9.17) is 0 Å². The fourth-order valence-electron chi connectivity index (χ4n) is 4.25. The minimum absolute atomic E-state index is 0.128. The number of amides is 1. The second-order valence-corrected chi connectivity index (χ2v) is 8.72. The number of carbonyl (C=O) groups excluding carboxylic acids is 1. The largest absolute Gasteiger partial charge is 0.355 e. The number of likely N-dealkylation sites (tertiary alicyclic amines) is 1. The van der Waals surface area contributed by atoms with E-state index in [1.54, 1.807) is 0 Å². The SMILES string of the molecule is Cc1cc2c(N3CCCC(C(=O)N4CCCCCC4)C3)nccc2s1. The van der Waals surface area contributed by atoms with Gasteiger partial charge in [0.15, 0.2) is 0 Å². The average Bonchev–Trinajstić information content (AvgIpc) is 2.84. The summed E-state index contributed by atoms with van der Waals surface area (Å²) in [4.78, 5) is 23.5. The van der Waals surface area contributed by atoms with E-state index in [2.05, 4.69) is 33.8 Å². The molecule has 0 bridgehead atoms. The molecule has 0 radical (unpaired) electrons. The molecule has 0 spiro atoms. The van der Waals surface area contributed by atoms with Crippen LogP contribution in [0.5, 0.6) is 0 Å². The fraction of sp³-hybridized carbons (Fsp3) is 0.600. The van der Waals surface area contributed by atoms with Gasteiger partial charge in [-0.15, -0.1) is 11.3 Å². The Bertz CT molecular complexity index is 748. The summed E-state index contributed by atoms with van der Waals surface area (Å²) >= 11 is 1.82. The van der Waals surface area contributed by atoms with E-state index < -0.39 is 0 Å². The topological polar surface area (TPSA) is 36.4 Å². The Labute approximate surface area is 153 Å². The van der Waals surface area contributed by atoms with Crippen molar-refractivity contribution in [2.45, 2.75) is 45.4 Å². The summed E-state index contributed by atoms with van der Waals surface area (Å²) in [5, 5.41) is 1.24. The van der Waals surface area contributed by atoms with Crippen LogP contribution in [0.1, 0.15) is 43.4 Å². The summed E-state index contributed by atoms with van der Waals surface area (Å²) in [6, 6.07) is 4.34. The lowest BCUT2D eigenvalue weighted by Crippen LogP contribution is -2.45. The number of hydrogen-bond acceptors (Lipinski definition) is 4. The molecule has 1 atom stereocenters. The molecule has 4 heterocycles. The van der Waals surface area contributed by atoms with Crippen LogP contribution in [0.4, 0.5) is 5.82 Å². The van der Waals surface area contributed by atoms with E-state index in [-0.39, 0.29) is 5.92 Å². The van der Waals surface area contributed by atoms with Crippen molar-refractivity contribution in [1.29, 1.82) is 0 Å². The number of thiophene rings is 1. The lowest BCUT2D eigenvalue weighted by Gasteiger charge is -2.35. The van der Waals surface area contributed by atoms with Gasteiger partial charge in [-0.2, -0.15) is 0 Å². The Hall–Kier alpha value is -1.62. The molecule has 134 valence electrons. The van der Waals surface area contributed by atoms with Gasteiger partial charge in [0.1, 0.15) is 5.82 Å². The van der Waals surface area contributed by atoms with E-state index in [1.165, 1.54) is 27.8 Å². The molecule has 2 saturated heterocycles. The summed E-state index contributed by atoms with van der Waals surface area (Å²) in [5.74, 6) is 1.57. The Morgan fingerprint density at radius 2 is 1.96 bits per heavy atom. The molecular weight excluding hydrogens is 330 g/mol. The molecule has 2 aliphatic rings. The van der Waals surface area contributed by atoms with E-state index >= 15 is 0 Å². The number of nitrogens with zero attached hydrogens (tertiary/aromatic N) is 3. The van der Waals surface area contributed by atoms with Crippen molar-refractivity contribution in [3.8, 4) is 0 Å². The number of carbonyl (C=O) groups is 1. The highest BCUT2D eigenvalue weighted by atomic mass is 32.1. The number of fused-ring (bicyclic) bond motifs is 1. The van der Waals surface area contributed by atoms with Crippen molar-refractivity contribution >= 4 is 33.1 Å². The van der Waals surface area contributed by atoms with Crippen LogP contribution < -0.4 is 4.90 Å². The second kappa shape index (κ2) is 7.32. The van der Waals surface area contributed by atoms with E-state index in [1.807, 2.05) is 17.5 Å². The number of aromatic nitrogens is 1. The number of anilines is 1. The summed E-state index contributed by atoms with van der Waals surface area (Å²) < 4.78 is 1.29. The molecule has 25 heavy (non-hydrogen) atoms. The van der Waals surface area contributed by atoms with E-state index in [0.29, 0.717) is 5.91 Å². The van der Waals surface area contributed by atoms with E-state index in [0.717, 1.165) is 57.7 Å². The molecule has 2 aliphatic heterocycles. The maximum atomic E-state index is 13.0. The molecular formula is C20H27N3OS. The Morgan fingerprint density at radius 3 is 2.76 bits per heavy atom.